The molecule has 0 saturated carbocycles. The summed E-state index contributed by atoms with van der Waals surface area (Å²) >= 11 is 1.96. The molecule has 1 fully saturated rings. The van der Waals surface area contributed by atoms with E-state index in [1.807, 2.05) is 30.1 Å². The lowest BCUT2D eigenvalue weighted by Gasteiger charge is -2.34. The van der Waals surface area contributed by atoms with E-state index in [0.717, 1.165) is 30.3 Å². The number of anilines is 1. The van der Waals surface area contributed by atoms with Gasteiger partial charge >= 0.3 is 0 Å². The second kappa shape index (κ2) is 7.23. The quantitative estimate of drug-likeness (QED) is 0.825. The lowest BCUT2D eigenvalue weighted by atomic mass is 9.94. The van der Waals surface area contributed by atoms with Crippen LogP contribution in [0.1, 0.15) is 19.3 Å². The van der Waals surface area contributed by atoms with Crippen LogP contribution in [0.4, 0.5) is 5.69 Å². The number of methoxy groups -OCH3 is 1. The van der Waals surface area contributed by atoms with Crippen LogP contribution in [0.5, 0.6) is 5.75 Å². The topological polar surface area (TPSA) is 25.4 Å². The smallest absolute Gasteiger partial charge is 0.121 e. The van der Waals surface area contributed by atoms with Gasteiger partial charge in [0.15, 0.2) is 0 Å². The molecule has 3 rings (SSSR count). The van der Waals surface area contributed by atoms with Crippen LogP contribution in [-0.4, -0.2) is 37.2 Å². The van der Waals surface area contributed by atoms with E-state index in [4.69, 9.17) is 4.74 Å². The third kappa shape index (κ3) is 3.32. The summed E-state index contributed by atoms with van der Waals surface area (Å²) in [5, 5.41) is 1.23. The number of thioether (sulfide) groups is 1. The fourth-order valence-electron chi connectivity index (χ4n) is 3.26. The van der Waals surface area contributed by atoms with Crippen molar-refractivity contribution < 1.29 is 4.74 Å². The summed E-state index contributed by atoms with van der Waals surface area (Å²) in [6.45, 7) is 2.31. The highest BCUT2D eigenvalue weighted by atomic mass is 32.2. The van der Waals surface area contributed by atoms with Crippen LogP contribution in [-0.2, 0) is 0 Å². The molecule has 0 amide bonds. The minimum absolute atomic E-state index is 0.868. The number of aromatic nitrogens is 1. The van der Waals surface area contributed by atoms with E-state index in [-0.39, 0.29) is 0 Å². The van der Waals surface area contributed by atoms with Crippen molar-refractivity contribution in [1.82, 2.24) is 4.98 Å². The Morgan fingerprint density at radius 3 is 2.82 bits per heavy atom. The van der Waals surface area contributed by atoms with Crippen LogP contribution in [0.3, 0.4) is 0 Å². The van der Waals surface area contributed by atoms with Crippen LogP contribution in [0.15, 0.2) is 30.5 Å². The monoisotopic (exact) mass is 316 g/mol. The van der Waals surface area contributed by atoms with Gasteiger partial charge in [-0.05, 0) is 55.4 Å². The molecule has 118 valence electrons. The summed E-state index contributed by atoms with van der Waals surface area (Å²) in [6, 6.07) is 8.33. The number of pyridine rings is 1. The largest absolute Gasteiger partial charge is 0.497 e. The first kappa shape index (κ1) is 15.5. The summed E-state index contributed by atoms with van der Waals surface area (Å²) < 4.78 is 5.30. The molecule has 1 aliphatic rings. The van der Waals surface area contributed by atoms with Crippen molar-refractivity contribution in [3.63, 3.8) is 0 Å². The summed E-state index contributed by atoms with van der Waals surface area (Å²) in [4.78, 5) is 7.01. The van der Waals surface area contributed by atoms with Gasteiger partial charge in [0.1, 0.15) is 5.75 Å². The highest BCUT2D eigenvalue weighted by Gasteiger charge is 2.20. The van der Waals surface area contributed by atoms with E-state index in [0.29, 0.717) is 0 Å². The van der Waals surface area contributed by atoms with E-state index in [1.165, 1.54) is 36.1 Å². The molecular formula is C18H24N2OS. The van der Waals surface area contributed by atoms with Crippen molar-refractivity contribution in [2.75, 3.05) is 37.1 Å². The zero-order chi connectivity index (χ0) is 15.4. The fourth-order valence-corrected chi connectivity index (χ4v) is 3.83. The Morgan fingerprint density at radius 2 is 2.09 bits per heavy atom. The fraction of sp³-hybridized carbons (Fsp3) is 0.500. The number of hydrogen-bond acceptors (Lipinski definition) is 4. The van der Waals surface area contributed by atoms with Gasteiger partial charge in [-0.1, -0.05) is 0 Å². The minimum Gasteiger partial charge on any atom is -0.497 e. The molecule has 0 radical (unpaired) electrons. The standard InChI is InChI=1S/C18H24N2OS/c1-21-15-3-4-16-17(13-15)19-9-5-18(16)20-10-6-14(7-11-20)8-12-22-2/h3-5,9,13-14H,6-8,10-12H2,1-2H3. The van der Waals surface area contributed by atoms with E-state index in [9.17, 15) is 0 Å². The van der Waals surface area contributed by atoms with Crippen molar-refractivity contribution in [3.8, 4) is 5.75 Å². The van der Waals surface area contributed by atoms with Gasteiger partial charge in [-0.15, -0.1) is 0 Å². The van der Waals surface area contributed by atoms with E-state index in [2.05, 4.69) is 28.3 Å². The second-order valence-corrected chi connectivity index (χ2v) is 6.91. The first-order valence-electron chi connectivity index (χ1n) is 7.98. The SMILES string of the molecule is COc1ccc2c(N3CCC(CCSC)CC3)ccnc2c1. The van der Waals surface area contributed by atoms with Gasteiger partial charge in [-0.3, -0.25) is 4.98 Å². The second-order valence-electron chi connectivity index (χ2n) is 5.93. The van der Waals surface area contributed by atoms with Crippen molar-refractivity contribution in [3.05, 3.63) is 30.5 Å². The first-order valence-corrected chi connectivity index (χ1v) is 9.38. The van der Waals surface area contributed by atoms with E-state index in [1.54, 1.807) is 7.11 Å². The molecular weight excluding hydrogens is 292 g/mol. The van der Waals surface area contributed by atoms with Crippen LogP contribution in [0.25, 0.3) is 10.9 Å². The van der Waals surface area contributed by atoms with Gasteiger partial charge in [-0.25, -0.2) is 0 Å². The Bertz CT molecular complexity index is 624. The number of fused-ring (bicyclic) bond motifs is 1. The van der Waals surface area contributed by atoms with Gasteiger partial charge < -0.3 is 9.64 Å². The average Bonchev–Trinajstić information content (AvgIpc) is 2.59. The van der Waals surface area contributed by atoms with E-state index >= 15 is 0 Å². The third-order valence-corrected chi connectivity index (χ3v) is 5.26. The number of ether oxygens (including phenoxy) is 1. The summed E-state index contributed by atoms with van der Waals surface area (Å²) in [7, 11) is 1.70. The van der Waals surface area contributed by atoms with Crippen molar-refractivity contribution in [2.24, 2.45) is 5.92 Å². The number of piperidine rings is 1. The molecule has 0 unspecified atom stereocenters. The summed E-state index contributed by atoms with van der Waals surface area (Å²) in [5.74, 6) is 3.06. The van der Waals surface area contributed by atoms with Crippen LogP contribution >= 0.6 is 11.8 Å². The maximum atomic E-state index is 5.30. The van der Waals surface area contributed by atoms with Crippen molar-refractivity contribution >= 4 is 28.4 Å². The molecule has 1 aromatic carbocycles. The van der Waals surface area contributed by atoms with Crippen LogP contribution < -0.4 is 9.64 Å². The van der Waals surface area contributed by atoms with E-state index < -0.39 is 0 Å². The van der Waals surface area contributed by atoms with Crippen molar-refractivity contribution in [2.45, 2.75) is 19.3 Å². The number of rotatable bonds is 5. The molecule has 0 aliphatic carbocycles. The number of nitrogens with zero attached hydrogens (tertiary/aromatic N) is 2. The summed E-state index contributed by atoms with van der Waals surface area (Å²) in [5.41, 5.74) is 2.33. The van der Waals surface area contributed by atoms with Gasteiger partial charge in [0.2, 0.25) is 0 Å². The highest BCUT2D eigenvalue weighted by Crippen LogP contribution is 2.31. The molecule has 1 aromatic heterocycles. The molecule has 4 heteroatoms. The number of benzene rings is 1. The molecule has 1 saturated heterocycles. The normalized spacial score (nSPS) is 16.2. The van der Waals surface area contributed by atoms with Gasteiger partial charge in [-0.2, -0.15) is 11.8 Å². The zero-order valence-electron chi connectivity index (χ0n) is 13.4. The predicted molar refractivity (Wildman–Crippen MR) is 96.2 cm³/mol. The molecule has 1 aliphatic heterocycles. The molecule has 0 bridgehead atoms. The molecule has 2 heterocycles. The molecule has 2 aromatic rings. The lowest BCUT2D eigenvalue weighted by Crippen LogP contribution is -2.34. The maximum Gasteiger partial charge on any atom is 0.121 e. The Kier molecular flexibility index (Phi) is 5.08. The third-order valence-electron chi connectivity index (χ3n) is 4.61. The predicted octanol–water partition coefficient (Wildman–Crippen LogP) is 4.21. The Morgan fingerprint density at radius 1 is 1.27 bits per heavy atom. The summed E-state index contributed by atoms with van der Waals surface area (Å²) in [6.07, 6.45) is 8.09. The number of hydrogen-bond donors (Lipinski definition) is 0. The van der Waals surface area contributed by atoms with Gasteiger partial charge in [0.25, 0.3) is 0 Å². The lowest BCUT2D eigenvalue weighted by molar-refractivity contribution is 0.398. The van der Waals surface area contributed by atoms with Crippen LogP contribution in [0, 0.1) is 5.92 Å². The molecule has 0 spiro atoms. The van der Waals surface area contributed by atoms with Gasteiger partial charge in [0.05, 0.1) is 12.6 Å². The maximum absolute atomic E-state index is 5.30. The Balaban J connectivity index is 1.77. The molecule has 22 heavy (non-hydrogen) atoms. The Hall–Kier alpha value is -1.42. The van der Waals surface area contributed by atoms with Crippen LogP contribution in [0.2, 0.25) is 0 Å². The zero-order valence-corrected chi connectivity index (χ0v) is 14.2. The highest BCUT2D eigenvalue weighted by molar-refractivity contribution is 7.98. The molecule has 0 N–H and O–H groups in total. The first-order chi connectivity index (χ1) is 10.8. The van der Waals surface area contributed by atoms with Crippen molar-refractivity contribution in [1.29, 1.82) is 0 Å². The Labute approximate surface area is 137 Å². The molecule has 3 nitrogen and oxygen atoms in total. The average molecular weight is 316 g/mol. The van der Waals surface area contributed by atoms with Gasteiger partial charge in [0, 0.05) is 36.4 Å². The minimum atomic E-state index is 0.868. The molecule has 0 atom stereocenters.